The molecule has 0 aromatic carbocycles. The number of aliphatic hydroxyl groups excluding tert-OH is 4. The topological polar surface area (TPSA) is 134 Å². The van der Waals surface area contributed by atoms with Crippen LogP contribution >= 0.6 is 0 Å². The molecule has 1 aliphatic rings. The molecule has 0 bridgehead atoms. The number of aliphatic hydroxyl groups is 4. The van der Waals surface area contributed by atoms with Gasteiger partial charge in [-0.25, -0.2) is 0 Å². The van der Waals surface area contributed by atoms with Gasteiger partial charge in [0.25, 0.3) is 0 Å². The van der Waals surface area contributed by atoms with Gasteiger partial charge < -0.3 is 29.9 Å². The van der Waals surface area contributed by atoms with Crippen LogP contribution < -0.4 is 0 Å². The van der Waals surface area contributed by atoms with Gasteiger partial charge in [-0.1, -0.05) is 128 Å². The van der Waals surface area contributed by atoms with Crippen molar-refractivity contribution in [2.75, 3.05) is 13.2 Å². The van der Waals surface area contributed by atoms with Crippen LogP contribution in [0.5, 0.6) is 0 Å². The Balaban J connectivity index is 2.13. The lowest BCUT2D eigenvalue weighted by atomic mass is 9.89. The minimum absolute atomic E-state index is 0.00742. The number of carbonyl (C=O) groups excluding carboxylic acids is 2. The number of carbonyl (C=O) groups is 2. The molecule has 0 spiro atoms. The highest BCUT2D eigenvalue weighted by Crippen LogP contribution is 2.36. The number of ether oxygens (including phenoxy) is 2. The molecule has 4 N–H and O–H groups in total. The quantitative estimate of drug-likeness (QED) is 0.0450. The highest BCUT2D eigenvalue weighted by atomic mass is 16.6. The molecule has 0 aromatic rings. The van der Waals surface area contributed by atoms with Gasteiger partial charge in [-0.05, 0) is 25.2 Å². The van der Waals surface area contributed by atoms with Gasteiger partial charge in [0.1, 0.15) is 19.3 Å². The summed E-state index contributed by atoms with van der Waals surface area (Å²) in [6.07, 6.45) is 23.6. The van der Waals surface area contributed by atoms with Crippen molar-refractivity contribution >= 4 is 11.9 Å². The van der Waals surface area contributed by atoms with Crippen LogP contribution in [0.1, 0.15) is 142 Å². The minimum atomic E-state index is -1.08. The van der Waals surface area contributed by atoms with Crippen molar-refractivity contribution in [3.63, 3.8) is 0 Å². The maximum absolute atomic E-state index is 12.1. The van der Waals surface area contributed by atoms with Crippen LogP contribution in [-0.4, -0.2) is 70.0 Å². The van der Waals surface area contributed by atoms with E-state index in [1.807, 2.05) is 6.08 Å². The average molecular weight is 625 g/mol. The van der Waals surface area contributed by atoms with Crippen LogP contribution in [0.25, 0.3) is 0 Å². The minimum Gasteiger partial charge on any atom is -0.463 e. The summed E-state index contributed by atoms with van der Waals surface area (Å²) in [5, 5.41) is 41.0. The Morgan fingerprint density at radius 3 is 1.89 bits per heavy atom. The van der Waals surface area contributed by atoms with Gasteiger partial charge in [0.15, 0.2) is 0 Å². The Hall–Kier alpha value is -1.74. The van der Waals surface area contributed by atoms with E-state index in [-0.39, 0.29) is 43.9 Å². The van der Waals surface area contributed by atoms with E-state index >= 15 is 0 Å². The molecule has 44 heavy (non-hydrogen) atoms. The first-order valence-corrected chi connectivity index (χ1v) is 17.6. The molecule has 1 fully saturated rings. The summed E-state index contributed by atoms with van der Waals surface area (Å²) < 4.78 is 10.2. The van der Waals surface area contributed by atoms with Gasteiger partial charge in [-0.3, -0.25) is 9.59 Å². The van der Waals surface area contributed by atoms with Crippen molar-refractivity contribution in [3.8, 4) is 0 Å². The SMILES string of the molecule is CCCCCCCCCCCCCCC(=O)OC[C@@H](O)COC(=O)C/C=C\C[C@H]1[C@@H](/C=C/[C@H](O)CCCCC)[C@H](O)C[C@@H]1O. The Labute approximate surface area is 267 Å². The van der Waals surface area contributed by atoms with Crippen LogP contribution in [0.4, 0.5) is 0 Å². The zero-order chi connectivity index (χ0) is 32.4. The van der Waals surface area contributed by atoms with Crippen molar-refractivity contribution in [1.29, 1.82) is 0 Å². The van der Waals surface area contributed by atoms with Crippen LogP contribution in [-0.2, 0) is 19.1 Å². The third kappa shape index (κ3) is 20.3. The number of allylic oxidation sites excluding steroid dienone is 1. The standard InChI is InChI=1S/C36H64O8/c1-3-5-7-8-9-10-11-12-13-14-15-17-22-35(41)43-27-30(38)28-44-36(42)23-19-18-21-31-32(34(40)26-33(31)39)25-24-29(37)20-16-6-4-2/h18-19,24-25,29-34,37-40H,3-17,20-23,26-28H2,1-2H3/b19-18-,25-24+/t29-,30-,31+,32-,33+,34-/m1/s1. The molecule has 1 rings (SSSR count). The lowest BCUT2D eigenvalue weighted by molar-refractivity contribution is -0.151. The fourth-order valence-corrected chi connectivity index (χ4v) is 5.76. The summed E-state index contributed by atoms with van der Waals surface area (Å²) in [6, 6.07) is 0. The smallest absolute Gasteiger partial charge is 0.309 e. The van der Waals surface area contributed by atoms with Gasteiger partial charge in [0, 0.05) is 18.8 Å². The molecule has 8 heteroatoms. The third-order valence-electron chi connectivity index (χ3n) is 8.54. The molecule has 0 unspecified atom stereocenters. The average Bonchev–Trinajstić information content (AvgIpc) is 3.27. The van der Waals surface area contributed by atoms with Crippen molar-refractivity contribution in [2.24, 2.45) is 11.8 Å². The van der Waals surface area contributed by atoms with E-state index in [0.29, 0.717) is 19.3 Å². The molecule has 256 valence electrons. The predicted molar refractivity (Wildman–Crippen MR) is 175 cm³/mol. The third-order valence-corrected chi connectivity index (χ3v) is 8.54. The second-order valence-corrected chi connectivity index (χ2v) is 12.6. The maximum Gasteiger partial charge on any atom is 0.309 e. The predicted octanol–water partition coefficient (Wildman–Crippen LogP) is 6.72. The molecule has 0 aliphatic heterocycles. The monoisotopic (exact) mass is 624 g/mol. The van der Waals surface area contributed by atoms with Crippen molar-refractivity contribution in [3.05, 3.63) is 24.3 Å². The van der Waals surface area contributed by atoms with Crippen molar-refractivity contribution in [1.82, 2.24) is 0 Å². The fraction of sp³-hybridized carbons (Fsp3) is 0.833. The Kier molecular flexibility index (Phi) is 24.2. The van der Waals surface area contributed by atoms with Crippen LogP contribution in [0, 0.1) is 11.8 Å². The lowest BCUT2D eigenvalue weighted by Gasteiger charge is -2.19. The Morgan fingerprint density at radius 1 is 0.727 bits per heavy atom. The molecule has 0 saturated heterocycles. The molecule has 1 saturated carbocycles. The van der Waals surface area contributed by atoms with Gasteiger partial charge >= 0.3 is 11.9 Å². The van der Waals surface area contributed by atoms with E-state index < -0.39 is 30.4 Å². The molecular weight excluding hydrogens is 560 g/mol. The molecule has 0 heterocycles. The number of esters is 2. The summed E-state index contributed by atoms with van der Waals surface area (Å²) >= 11 is 0. The van der Waals surface area contributed by atoms with E-state index in [4.69, 9.17) is 9.47 Å². The van der Waals surface area contributed by atoms with E-state index in [0.717, 1.165) is 38.5 Å². The second-order valence-electron chi connectivity index (χ2n) is 12.6. The largest absolute Gasteiger partial charge is 0.463 e. The summed E-state index contributed by atoms with van der Waals surface area (Å²) in [5.74, 6) is -1.33. The first-order chi connectivity index (χ1) is 21.3. The number of hydrogen-bond donors (Lipinski definition) is 4. The van der Waals surface area contributed by atoms with E-state index in [1.54, 1.807) is 18.2 Å². The molecule has 6 atom stereocenters. The molecular formula is C36H64O8. The first-order valence-electron chi connectivity index (χ1n) is 17.6. The maximum atomic E-state index is 12.1. The molecule has 1 aliphatic carbocycles. The highest BCUT2D eigenvalue weighted by Gasteiger charge is 2.39. The van der Waals surface area contributed by atoms with Gasteiger partial charge in [-0.15, -0.1) is 0 Å². The Morgan fingerprint density at radius 2 is 1.27 bits per heavy atom. The normalized spacial score (nSPS) is 21.7. The zero-order valence-electron chi connectivity index (χ0n) is 27.8. The zero-order valence-corrected chi connectivity index (χ0v) is 27.8. The van der Waals surface area contributed by atoms with Crippen molar-refractivity contribution < 1.29 is 39.5 Å². The molecule has 8 nitrogen and oxygen atoms in total. The molecule has 0 aromatic heterocycles. The van der Waals surface area contributed by atoms with Crippen LogP contribution in [0.3, 0.4) is 0 Å². The first kappa shape index (κ1) is 40.3. The summed E-state index contributed by atoms with van der Waals surface area (Å²) in [7, 11) is 0. The molecule has 0 radical (unpaired) electrons. The summed E-state index contributed by atoms with van der Waals surface area (Å²) in [4.78, 5) is 24.0. The van der Waals surface area contributed by atoms with E-state index in [1.165, 1.54) is 57.8 Å². The number of hydrogen-bond acceptors (Lipinski definition) is 8. The van der Waals surface area contributed by atoms with Gasteiger partial charge in [0.2, 0.25) is 0 Å². The van der Waals surface area contributed by atoms with Crippen molar-refractivity contribution in [2.45, 2.75) is 167 Å². The summed E-state index contributed by atoms with van der Waals surface area (Å²) in [6.45, 7) is 3.90. The van der Waals surface area contributed by atoms with Crippen LogP contribution in [0.15, 0.2) is 24.3 Å². The fourth-order valence-electron chi connectivity index (χ4n) is 5.76. The van der Waals surface area contributed by atoms with E-state index in [9.17, 15) is 30.0 Å². The highest BCUT2D eigenvalue weighted by molar-refractivity contribution is 5.71. The number of unbranched alkanes of at least 4 members (excludes halogenated alkanes) is 13. The summed E-state index contributed by atoms with van der Waals surface area (Å²) in [5.41, 5.74) is 0. The second kappa shape index (κ2) is 26.5. The molecule has 0 amide bonds. The van der Waals surface area contributed by atoms with E-state index in [2.05, 4.69) is 13.8 Å². The van der Waals surface area contributed by atoms with Gasteiger partial charge in [-0.2, -0.15) is 0 Å². The number of rotatable bonds is 27. The lowest BCUT2D eigenvalue weighted by Crippen LogP contribution is -2.25. The van der Waals surface area contributed by atoms with Gasteiger partial charge in [0.05, 0.1) is 24.7 Å². The van der Waals surface area contributed by atoms with Crippen LogP contribution in [0.2, 0.25) is 0 Å². The Bertz CT molecular complexity index is 782.